The molecule has 2 aromatic carbocycles. The van der Waals surface area contributed by atoms with Gasteiger partial charge < -0.3 is 9.88 Å². The maximum absolute atomic E-state index is 12.6. The highest BCUT2D eigenvalue weighted by atomic mass is 16.1. The first kappa shape index (κ1) is 18.7. The number of nitrogens with zero attached hydrogens (tertiary/aromatic N) is 5. The molecule has 7 heteroatoms. The number of carbonyl (C=O) groups is 1. The molecule has 2 heterocycles. The van der Waals surface area contributed by atoms with Crippen LogP contribution in [0, 0.1) is 13.8 Å². The van der Waals surface area contributed by atoms with Gasteiger partial charge in [-0.3, -0.25) is 4.79 Å². The fraction of sp³-hybridized carbons (Fsp3) is 0.227. The highest BCUT2D eigenvalue weighted by Gasteiger charge is 2.11. The van der Waals surface area contributed by atoms with Crippen LogP contribution < -0.4 is 5.32 Å². The summed E-state index contributed by atoms with van der Waals surface area (Å²) >= 11 is 0. The van der Waals surface area contributed by atoms with E-state index in [1.54, 1.807) is 18.5 Å². The number of benzene rings is 2. The Kier molecular flexibility index (Phi) is 5.29. The molecule has 0 saturated carbocycles. The zero-order chi connectivity index (χ0) is 20.2. The van der Waals surface area contributed by atoms with E-state index in [1.165, 1.54) is 5.56 Å². The molecule has 0 radical (unpaired) electrons. The Balaban J connectivity index is 1.42. The number of rotatable bonds is 6. The van der Waals surface area contributed by atoms with E-state index in [4.69, 9.17) is 0 Å². The fourth-order valence-electron chi connectivity index (χ4n) is 3.13. The first-order valence-electron chi connectivity index (χ1n) is 9.54. The molecule has 0 atom stereocenters. The van der Waals surface area contributed by atoms with Gasteiger partial charge in [0.2, 0.25) is 0 Å². The zero-order valence-corrected chi connectivity index (χ0v) is 16.5. The molecule has 0 saturated heterocycles. The van der Waals surface area contributed by atoms with E-state index < -0.39 is 0 Å². The number of hydrogen-bond donors (Lipinski definition) is 1. The standard InChI is InChI=1S/C22H22N6O/c1-15-16(2)26-20-12-18(8-9-19(20)25-15)22(29)23-13-21-27-24-14-28(21)11-10-17-6-4-3-5-7-17/h3-9,12,14H,10-11,13H2,1-2H3,(H,23,29). The van der Waals surface area contributed by atoms with Crippen molar-refractivity contribution in [2.75, 3.05) is 0 Å². The maximum Gasteiger partial charge on any atom is 0.251 e. The fourth-order valence-corrected chi connectivity index (χ4v) is 3.13. The van der Waals surface area contributed by atoms with Crippen LogP contribution in [0.25, 0.3) is 11.0 Å². The SMILES string of the molecule is Cc1nc2ccc(C(=O)NCc3nncn3CCc3ccccc3)cc2nc1C. The summed E-state index contributed by atoms with van der Waals surface area (Å²) < 4.78 is 1.96. The summed E-state index contributed by atoms with van der Waals surface area (Å²) in [7, 11) is 0. The molecule has 0 fully saturated rings. The van der Waals surface area contributed by atoms with E-state index in [2.05, 4.69) is 37.6 Å². The topological polar surface area (TPSA) is 85.6 Å². The molecule has 1 N–H and O–H groups in total. The lowest BCUT2D eigenvalue weighted by atomic mass is 10.1. The molecule has 4 aromatic rings. The van der Waals surface area contributed by atoms with Crippen LogP contribution in [0.5, 0.6) is 0 Å². The van der Waals surface area contributed by atoms with Gasteiger partial charge >= 0.3 is 0 Å². The number of nitrogens with one attached hydrogen (secondary N) is 1. The van der Waals surface area contributed by atoms with Gasteiger partial charge in [0.15, 0.2) is 5.82 Å². The third kappa shape index (κ3) is 4.29. The van der Waals surface area contributed by atoms with Gasteiger partial charge in [0.25, 0.3) is 5.91 Å². The normalized spacial score (nSPS) is 11.0. The van der Waals surface area contributed by atoms with Crippen molar-refractivity contribution in [3.63, 3.8) is 0 Å². The van der Waals surface area contributed by atoms with Crippen molar-refractivity contribution in [1.82, 2.24) is 30.0 Å². The molecular formula is C22H22N6O. The number of carbonyl (C=O) groups excluding carboxylic acids is 1. The molecule has 0 spiro atoms. The molecule has 0 bridgehead atoms. The smallest absolute Gasteiger partial charge is 0.251 e. The Morgan fingerprint density at radius 3 is 2.55 bits per heavy atom. The van der Waals surface area contributed by atoms with Crippen LogP contribution in [0.1, 0.15) is 33.1 Å². The van der Waals surface area contributed by atoms with E-state index in [-0.39, 0.29) is 5.91 Å². The average Bonchev–Trinajstić information content (AvgIpc) is 3.19. The summed E-state index contributed by atoms with van der Waals surface area (Å²) in [4.78, 5) is 21.6. The van der Waals surface area contributed by atoms with Crippen molar-refractivity contribution in [3.05, 3.63) is 83.2 Å². The molecule has 0 aliphatic carbocycles. The molecule has 146 valence electrons. The zero-order valence-electron chi connectivity index (χ0n) is 16.5. The summed E-state index contributed by atoms with van der Waals surface area (Å²) in [5, 5.41) is 11.0. The predicted molar refractivity (Wildman–Crippen MR) is 110 cm³/mol. The summed E-state index contributed by atoms with van der Waals surface area (Å²) in [6.45, 7) is 4.91. The lowest BCUT2D eigenvalue weighted by molar-refractivity contribution is 0.0949. The van der Waals surface area contributed by atoms with E-state index in [0.29, 0.717) is 17.6 Å². The van der Waals surface area contributed by atoms with E-state index >= 15 is 0 Å². The Morgan fingerprint density at radius 2 is 1.76 bits per heavy atom. The van der Waals surface area contributed by atoms with Gasteiger partial charge in [-0.05, 0) is 44.0 Å². The monoisotopic (exact) mass is 386 g/mol. The van der Waals surface area contributed by atoms with Gasteiger partial charge in [0, 0.05) is 12.1 Å². The highest BCUT2D eigenvalue weighted by molar-refractivity contribution is 5.97. The summed E-state index contributed by atoms with van der Waals surface area (Å²) in [6.07, 6.45) is 2.57. The minimum Gasteiger partial charge on any atom is -0.345 e. The highest BCUT2D eigenvalue weighted by Crippen LogP contribution is 2.14. The van der Waals surface area contributed by atoms with Gasteiger partial charge in [0.1, 0.15) is 6.33 Å². The molecule has 7 nitrogen and oxygen atoms in total. The lowest BCUT2D eigenvalue weighted by Gasteiger charge is -2.09. The Bertz CT molecular complexity index is 1150. The van der Waals surface area contributed by atoms with Crippen molar-refractivity contribution in [1.29, 1.82) is 0 Å². The second-order valence-electron chi connectivity index (χ2n) is 6.96. The van der Waals surface area contributed by atoms with E-state index in [1.807, 2.05) is 42.7 Å². The van der Waals surface area contributed by atoms with Crippen LogP contribution in [-0.2, 0) is 19.5 Å². The third-order valence-corrected chi connectivity index (χ3v) is 4.92. The molecular weight excluding hydrogens is 364 g/mol. The predicted octanol–water partition coefficient (Wildman–Crippen LogP) is 3.01. The summed E-state index contributed by atoms with van der Waals surface area (Å²) in [5.74, 6) is 0.547. The number of fused-ring (bicyclic) bond motifs is 1. The Hall–Kier alpha value is -3.61. The number of aromatic nitrogens is 5. The van der Waals surface area contributed by atoms with Crippen molar-refractivity contribution in [3.8, 4) is 0 Å². The second kappa shape index (κ2) is 8.18. The van der Waals surface area contributed by atoms with Gasteiger partial charge in [-0.2, -0.15) is 0 Å². The molecule has 29 heavy (non-hydrogen) atoms. The quantitative estimate of drug-likeness (QED) is 0.551. The molecule has 1 amide bonds. The van der Waals surface area contributed by atoms with Crippen molar-refractivity contribution < 1.29 is 4.79 Å². The number of aryl methyl sites for hydroxylation is 4. The third-order valence-electron chi connectivity index (χ3n) is 4.92. The lowest BCUT2D eigenvalue weighted by Crippen LogP contribution is -2.25. The van der Waals surface area contributed by atoms with Crippen LogP contribution >= 0.6 is 0 Å². The van der Waals surface area contributed by atoms with Crippen LogP contribution in [0.15, 0.2) is 54.9 Å². The number of hydrogen-bond acceptors (Lipinski definition) is 5. The summed E-state index contributed by atoms with van der Waals surface area (Å²) in [5.41, 5.74) is 5.05. The van der Waals surface area contributed by atoms with Crippen molar-refractivity contribution in [2.24, 2.45) is 0 Å². The molecule has 0 unspecified atom stereocenters. The largest absolute Gasteiger partial charge is 0.345 e. The molecule has 0 aliphatic rings. The molecule has 0 aliphatic heterocycles. The van der Waals surface area contributed by atoms with Gasteiger partial charge in [0.05, 0.1) is 29.0 Å². The van der Waals surface area contributed by atoms with Crippen LogP contribution in [0.3, 0.4) is 0 Å². The Labute approximate surface area is 168 Å². The minimum absolute atomic E-state index is 0.176. The van der Waals surface area contributed by atoms with Crippen LogP contribution in [-0.4, -0.2) is 30.6 Å². The molecule has 2 aromatic heterocycles. The van der Waals surface area contributed by atoms with Gasteiger partial charge in [-0.25, -0.2) is 9.97 Å². The van der Waals surface area contributed by atoms with E-state index in [0.717, 1.165) is 35.7 Å². The van der Waals surface area contributed by atoms with Crippen molar-refractivity contribution >= 4 is 16.9 Å². The van der Waals surface area contributed by atoms with Crippen LogP contribution in [0.4, 0.5) is 0 Å². The maximum atomic E-state index is 12.6. The van der Waals surface area contributed by atoms with E-state index in [9.17, 15) is 4.79 Å². The Morgan fingerprint density at radius 1 is 1.00 bits per heavy atom. The van der Waals surface area contributed by atoms with Gasteiger partial charge in [-0.15, -0.1) is 10.2 Å². The van der Waals surface area contributed by atoms with Crippen molar-refractivity contribution in [2.45, 2.75) is 33.4 Å². The second-order valence-corrected chi connectivity index (χ2v) is 6.96. The minimum atomic E-state index is -0.176. The number of amides is 1. The first-order chi connectivity index (χ1) is 14.1. The molecule has 4 rings (SSSR count). The average molecular weight is 386 g/mol. The first-order valence-corrected chi connectivity index (χ1v) is 9.54. The van der Waals surface area contributed by atoms with Gasteiger partial charge in [-0.1, -0.05) is 30.3 Å². The summed E-state index contributed by atoms with van der Waals surface area (Å²) in [6, 6.07) is 15.6. The van der Waals surface area contributed by atoms with Crippen LogP contribution in [0.2, 0.25) is 0 Å².